The monoisotopic (exact) mass is 840 g/mol. The van der Waals surface area contributed by atoms with Crippen molar-refractivity contribution in [2.45, 2.75) is 118 Å². The Labute approximate surface area is 297 Å². The van der Waals surface area contributed by atoms with Gasteiger partial charge in [-0.3, -0.25) is 0 Å². The lowest BCUT2D eigenvalue weighted by atomic mass is 9.86. The summed E-state index contributed by atoms with van der Waals surface area (Å²) in [5.74, 6) is -78.4. The Bertz CT molecular complexity index is 1560. The number of aryl methyl sites for hydroxylation is 1. The predicted molar refractivity (Wildman–Crippen MR) is 150 cm³/mol. The van der Waals surface area contributed by atoms with E-state index in [4.69, 9.17) is 0 Å². The molecule has 0 spiro atoms. The number of hydrogen-bond donors (Lipinski definition) is 0. The fraction of sp³-hybridized carbons (Fsp3) is 0.645. The van der Waals surface area contributed by atoms with Gasteiger partial charge in [0.1, 0.15) is 0 Å². The van der Waals surface area contributed by atoms with Crippen molar-refractivity contribution in [2.24, 2.45) is 0 Å². The standard InChI is InChI=1S/C31H28F20N2O2/c1-2-3-4-5-6-7-8-9-17-14-52-20(53-15-17)18-10-12-19(13-11-18)21(54)55-16-23(34,35)25(38,39)27(42,43)29(46,47)31(50,51)30(48,49)28(44,45)26(40,41)24(36,37)22(32)33/h10-15,22H,2-9,16H2,1H3. The minimum absolute atomic E-state index is 0.0316. The van der Waals surface area contributed by atoms with E-state index in [0.717, 1.165) is 74.8 Å². The quantitative estimate of drug-likeness (QED) is 0.0714. The average Bonchev–Trinajstić information content (AvgIpc) is 3.09. The molecule has 2 aromatic rings. The summed E-state index contributed by atoms with van der Waals surface area (Å²) in [7, 11) is 0. The second-order valence-electron chi connectivity index (χ2n) is 12.1. The van der Waals surface area contributed by atoms with Gasteiger partial charge in [-0.25, -0.2) is 23.5 Å². The van der Waals surface area contributed by atoms with Gasteiger partial charge in [0.15, 0.2) is 12.4 Å². The Kier molecular flexibility index (Phi) is 14.2. The first-order chi connectivity index (χ1) is 24.8. The lowest BCUT2D eigenvalue weighted by Crippen LogP contribution is -2.76. The summed E-state index contributed by atoms with van der Waals surface area (Å²) >= 11 is 0. The Morgan fingerprint density at radius 1 is 0.582 bits per heavy atom. The molecule has 0 aliphatic rings. The maximum atomic E-state index is 14.2. The summed E-state index contributed by atoms with van der Waals surface area (Å²) in [4.78, 5) is 20.3. The van der Waals surface area contributed by atoms with Gasteiger partial charge in [0.25, 0.3) is 0 Å². The van der Waals surface area contributed by atoms with E-state index in [2.05, 4.69) is 21.6 Å². The van der Waals surface area contributed by atoms with Crippen LogP contribution >= 0.6 is 0 Å². The molecule has 1 aromatic heterocycles. The van der Waals surface area contributed by atoms with Gasteiger partial charge < -0.3 is 4.74 Å². The number of halogens is 20. The van der Waals surface area contributed by atoms with E-state index < -0.39 is 77.9 Å². The fourth-order valence-corrected chi connectivity index (χ4v) is 4.57. The molecule has 2 rings (SSSR count). The van der Waals surface area contributed by atoms with Crippen LogP contribution in [0.2, 0.25) is 0 Å². The van der Waals surface area contributed by atoms with Crippen LogP contribution in [0.3, 0.4) is 0 Å². The minimum Gasteiger partial charge on any atom is -0.455 e. The summed E-state index contributed by atoms with van der Waals surface area (Å²) in [6.45, 7) is -1.37. The molecule has 0 unspecified atom stereocenters. The molecular formula is C31H28F20N2O2. The molecule has 314 valence electrons. The Balaban J connectivity index is 2.22. The van der Waals surface area contributed by atoms with Crippen LogP contribution in [0, 0.1) is 0 Å². The Hall–Kier alpha value is -3.63. The number of unbranched alkanes of at least 4 members (excludes halogenated alkanes) is 6. The Morgan fingerprint density at radius 3 is 1.42 bits per heavy atom. The van der Waals surface area contributed by atoms with Crippen molar-refractivity contribution in [1.29, 1.82) is 0 Å². The van der Waals surface area contributed by atoms with Gasteiger partial charge in [-0.2, -0.15) is 79.0 Å². The second kappa shape index (κ2) is 16.5. The molecule has 1 aromatic carbocycles. The Morgan fingerprint density at radius 2 is 0.982 bits per heavy atom. The summed E-state index contributed by atoms with van der Waals surface area (Å²) < 4.78 is 276. The van der Waals surface area contributed by atoms with Gasteiger partial charge in [-0.15, -0.1) is 0 Å². The van der Waals surface area contributed by atoms with Crippen molar-refractivity contribution < 1.29 is 97.3 Å². The first-order valence-corrected chi connectivity index (χ1v) is 15.6. The van der Waals surface area contributed by atoms with Crippen molar-refractivity contribution in [3.63, 3.8) is 0 Å². The highest BCUT2D eigenvalue weighted by molar-refractivity contribution is 5.90. The van der Waals surface area contributed by atoms with Crippen molar-refractivity contribution in [2.75, 3.05) is 6.61 Å². The highest BCUT2D eigenvalue weighted by Gasteiger charge is 2.96. The van der Waals surface area contributed by atoms with Crippen LogP contribution in [0.15, 0.2) is 36.7 Å². The van der Waals surface area contributed by atoms with Gasteiger partial charge in [-0.1, -0.05) is 57.6 Å². The van der Waals surface area contributed by atoms with Crippen LogP contribution in [0.25, 0.3) is 11.4 Å². The van der Waals surface area contributed by atoms with Gasteiger partial charge in [-0.05, 0) is 30.5 Å². The normalized spacial score (nSPS) is 14.4. The predicted octanol–water partition coefficient (Wildman–Crippen LogP) is 11.6. The number of rotatable bonds is 21. The molecule has 24 heteroatoms. The maximum Gasteiger partial charge on any atom is 0.385 e. The van der Waals surface area contributed by atoms with Gasteiger partial charge in [0, 0.05) is 18.0 Å². The highest BCUT2D eigenvalue weighted by atomic mass is 19.4. The number of ether oxygens (including phenoxy) is 1. The molecule has 4 nitrogen and oxygen atoms in total. The fourth-order valence-electron chi connectivity index (χ4n) is 4.57. The first kappa shape index (κ1) is 47.5. The molecule has 0 atom stereocenters. The largest absolute Gasteiger partial charge is 0.455 e. The van der Waals surface area contributed by atoms with Crippen LogP contribution < -0.4 is 0 Å². The number of carbonyl (C=O) groups excluding carboxylic acids is 1. The number of esters is 1. The van der Waals surface area contributed by atoms with E-state index in [0.29, 0.717) is 6.42 Å². The minimum atomic E-state index is -9.12. The first-order valence-electron chi connectivity index (χ1n) is 15.6. The zero-order valence-corrected chi connectivity index (χ0v) is 27.7. The van der Waals surface area contributed by atoms with E-state index in [1.165, 1.54) is 12.4 Å². The summed E-state index contributed by atoms with van der Waals surface area (Å²) in [6, 6.07) is 3.48. The lowest BCUT2D eigenvalue weighted by Gasteiger charge is -2.44. The molecule has 55 heavy (non-hydrogen) atoms. The molecule has 0 bridgehead atoms. The van der Waals surface area contributed by atoms with Gasteiger partial charge >= 0.3 is 65.7 Å². The van der Waals surface area contributed by atoms with Crippen molar-refractivity contribution in [1.82, 2.24) is 9.97 Å². The van der Waals surface area contributed by atoms with Crippen LogP contribution in [0.4, 0.5) is 87.8 Å². The number of nitrogens with zero attached hydrogens (tertiary/aromatic N) is 2. The van der Waals surface area contributed by atoms with E-state index in [-0.39, 0.29) is 11.4 Å². The number of hydrogen-bond acceptors (Lipinski definition) is 4. The van der Waals surface area contributed by atoms with E-state index in [1.54, 1.807) is 0 Å². The summed E-state index contributed by atoms with van der Waals surface area (Å²) in [6.07, 6.45) is 4.72. The zero-order chi connectivity index (χ0) is 42.7. The van der Waals surface area contributed by atoms with Crippen molar-refractivity contribution in [3.8, 4) is 11.4 Å². The lowest BCUT2D eigenvalue weighted by molar-refractivity contribution is -0.465. The zero-order valence-electron chi connectivity index (χ0n) is 27.7. The summed E-state index contributed by atoms with van der Waals surface area (Å²) in [5, 5.41) is 0. The van der Waals surface area contributed by atoms with Crippen molar-refractivity contribution in [3.05, 3.63) is 47.8 Å². The second-order valence-corrected chi connectivity index (χ2v) is 12.1. The SMILES string of the molecule is CCCCCCCCCc1cnc(-c2ccc(C(=O)OCC(F)(F)C(F)(F)C(F)(F)C(F)(F)C(F)(F)C(F)(F)C(F)(F)C(F)(F)C(F)(F)C(F)F)cc2)nc1. The third kappa shape index (κ3) is 8.55. The third-order valence-corrected chi connectivity index (χ3v) is 8.06. The third-order valence-electron chi connectivity index (χ3n) is 8.06. The molecule has 0 fully saturated rings. The molecule has 0 aliphatic carbocycles. The molecule has 0 amide bonds. The van der Waals surface area contributed by atoms with Crippen LogP contribution in [-0.2, 0) is 11.2 Å². The molecular weight excluding hydrogens is 812 g/mol. The topological polar surface area (TPSA) is 52.1 Å². The smallest absolute Gasteiger partial charge is 0.385 e. The average molecular weight is 841 g/mol. The molecule has 0 saturated heterocycles. The maximum absolute atomic E-state index is 14.2. The van der Waals surface area contributed by atoms with Crippen molar-refractivity contribution >= 4 is 5.97 Å². The van der Waals surface area contributed by atoms with Crippen LogP contribution in [0.1, 0.15) is 67.8 Å². The van der Waals surface area contributed by atoms with E-state index in [1.807, 2.05) is 0 Å². The number of aromatic nitrogens is 2. The molecule has 0 saturated carbocycles. The van der Waals surface area contributed by atoms with Crippen LogP contribution in [-0.4, -0.2) is 82.3 Å². The van der Waals surface area contributed by atoms with Gasteiger partial charge in [0.2, 0.25) is 0 Å². The highest BCUT2D eigenvalue weighted by Crippen LogP contribution is 2.65. The van der Waals surface area contributed by atoms with E-state index in [9.17, 15) is 92.6 Å². The molecule has 0 N–H and O–H groups in total. The van der Waals surface area contributed by atoms with E-state index >= 15 is 0 Å². The number of carbonyl (C=O) groups is 1. The molecule has 0 radical (unpaired) electrons. The number of benzene rings is 1. The van der Waals surface area contributed by atoms with Gasteiger partial charge in [0.05, 0.1) is 5.56 Å². The number of alkyl halides is 20. The summed E-state index contributed by atoms with van der Waals surface area (Å²) in [5.41, 5.74) is 0.0345. The molecule has 1 heterocycles. The molecule has 0 aliphatic heterocycles. The van der Waals surface area contributed by atoms with Crippen LogP contribution in [0.5, 0.6) is 0 Å².